The average Bonchev–Trinajstić information content (AvgIpc) is 3.33. The first-order chi connectivity index (χ1) is 16.5. The summed E-state index contributed by atoms with van der Waals surface area (Å²) in [5.41, 5.74) is 3.41. The SMILES string of the molecule is COc1cc([C@@H]2Nc3c(Cl)ccc([N+](=O)[O-])c3[C@H]3C=CC[C@@H]32)cc(Br)c1OCc1ccccc1. The molecule has 1 aliphatic carbocycles. The summed E-state index contributed by atoms with van der Waals surface area (Å²) in [4.78, 5) is 11.4. The molecule has 34 heavy (non-hydrogen) atoms. The van der Waals surface area contributed by atoms with Gasteiger partial charge in [-0.3, -0.25) is 10.1 Å². The molecule has 0 radical (unpaired) electrons. The summed E-state index contributed by atoms with van der Waals surface area (Å²) >= 11 is 10.2. The molecule has 3 atom stereocenters. The zero-order valence-electron chi connectivity index (χ0n) is 18.3. The molecule has 0 unspecified atom stereocenters. The molecule has 0 aromatic heterocycles. The van der Waals surface area contributed by atoms with E-state index >= 15 is 0 Å². The van der Waals surface area contributed by atoms with Gasteiger partial charge >= 0.3 is 0 Å². The molecule has 0 spiro atoms. The van der Waals surface area contributed by atoms with E-state index in [1.807, 2.05) is 42.5 Å². The Hall–Kier alpha value is -3.03. The number of hydrogen-bond donors (Lipinski definition) is 1. The lowest BCUT2D eigenvalue weighted by atomic mass is 9.76. The van der Waals surface area contributed by atoms with Crippen LogP contribution in [0.15, 0.2) is 71.2 Å². The van der Waals surface area contributed by atoms with Crippen molar-refractivity contribution in [3.8, 4) is 11.5 Å². The molecule has 1 aliphatic heterocycles. The first kappa shape index (κ1) is 22.7. The molecule has 174 valence electrons. The average molecular weight is 542 g/mol. The van der Waals surface area contributed by atoms with Crippen LogP contribution in [0.2, 0.25) is 5.02 Å². The number of allylic oxidation sites excluding steroid dienone is 2. The van der Waals surface area contributed by atoms with Crippen LogP contribution in [0.4, 0.5) is 11.4 Å². The number of methoxy groups -OCH3 is 1. The zero-order valence-corrected chi connectivity index (χ0v) is 20.7. The van der Waals surface area contributed by atoms with Crippen LogP contribution in [0.1, 0.15) is 35.1 Å². The number of nitro benzene ring substituents is 1. The highest BCUT2D eigenvalue weighted by atomic mass is 79.9. The molecule has 1 heterocycles. The fourth-order valence-electron chi connectivity index (χ4n) is 4.93. The topological polar surface area (TPSA) is 73.6 Å². The molecule has 3 aromatic carbocycles. The standard InChI is InChI=1S/C26H22BrClN2O4/c1-33-22-13-16(12-19(27)26(22)34-14-15-6-3-2-4-7-15)24-18-9-5-8-17(18)23-21(30(31)32)11-10-20(28)25(23)29-24/h2-8,10-13,17-18,24,29H,9,14H2,1H3/t17-,18-,24-/m0/s1. The number of benzene rings is 3. The van der Waals surface area contributed by atoms with E-state index in [9.17, 15) is 10.1 Å². The summed E-state index contributed by atoms with van der Waals surface area (Å²) in [7, 11) is 1.62. The van der Waals surface area contributed by atoms with Crippen molar-refractivity contribution in [1.29, 1.82) is 0 Å². The minimum Gasteiger partial charge on any atom is -0.493 e. The van der Waals surface area contributed by atoms with E-state index in [0.29, 0.717) is 34.4 Å². The normalized spacial score (nSPS) is 20.3. The van der Waals surface area contributed by atoms with E-state index in [1.165, 1.54) is 6.07 Å². The Morgan fingerprint density at radius 2 is 2.00 bits per heavy atom. The van der Waals surface area contributed by atoms with E-state index in [0.717, 1.165) is 22.0 Å². The third-order valence-electron chi connectivity index (χ3n) is 6.48. The van der Waals surface area contributed by atoms with E-state index in [1.54, 1.807) is 13.2 Å². The van der Waals surface area contributed by atoms with Crippen molar-refractivity contribution in [2.75, 3.05) is 12.4 Å². The van der Waals surface area contributed by atoms with Crippen LogP contribution in [0.25, 0.3) is 0 Å². The first-order valence-electron chi connectivity index (χ1n) is 10.9. The molecule has 0 amide bonds. The quantitative estimate of drug-likeness (QED) is 0.200. The predicted molar refractivity (Wildman–Crippen MR) is 136 cm³/mol. The molecule has 3 aromatic rings. The van der Waals surface area contributed by atoms with Gasteiger partial charge in [-0.25, -0.2) is 0 Å². The molecule has 2 aliphatic rings. The predicted octanol–water partition coefficient (Wildman–Crippen LogP) is 7.42. The fourth-order valence-corrected chi connectivity index (χ4v) is 5.73. The number of ether oxygens (including phenoxy) is 2. The Morgan fingerprint density at radius 1 is 1.21 bits per heavy atom. The number of hydrogen-bond acceptors (Lipinski definition) is 5. The molecule has 0 bridgehead atoms. The second-order valence-corrected chi connectivity index (χ2v) is 9.66. The van der Waals surface area contributed by atoms with Gasteiger partial charge in [0, 0.05) is 12.0 Å². The summed E-state index contributed by atoms with van der Waals surface area (Å²) < 4.78 is 12.6. The van der Waals surface area contributed by atoms with E-state index in [4.69, 9.17) is 21.1 Å². The van der Waals surface area contributed by atoms with Crippen LogP contribution in [0.3, 0.4) is 0 Å². The second kappa shape index (κ2) is 9.31. The first-order valence-corrected chi connectivity index (χ1v) is 12.1. The van der Waals surface area contributed by atoms with Gasteiger partial charge in [0.1, 0.15) is 6.61 Å². The Bertz CT molecular complexity index is 1280. The van der Waals surface area contributed by atoms with Gasteiger partial charge < -0.3 is 14.8 Å². The number of halogens is 2. The Kier molecular flexibility index (Phi) is 6.23. The lowest BCUT2D eigenvalue weighted by Crippen LogP contribution is -2.30. The van der Waals surface area contributed by atoms with Gasteiger partial charge in [0.05, 0.1) is 38.8 Å². The van der Waals surface area contributed by atoms with Gasteiger partial charge in [0.15, 0.2) is 11.5 Å². The summed E-state index contributed by atoms with van der Waals surface area (Å²) in [6.45, 7) is 0.415. The molecule has 0 saturated heterocycles. The largest absolute Gasteiger partial charge is 0.493 e. The lowest BCUT2D eigenvalue weighted by Gasteiger charge is -2.37. The zero-order chi connectivity index (χ0) is 23.8. The van der Waals surface area contributed by atoms with Gasteiger partial charge in [-0.05, 0) is 57.6 Å². The molecule has 8 heteroatoms. The molecule has 1 N–H and O–H groups in total. The molecular formula is C26H22BrClN2O4. The van der Waals surface area contributed by atoms with E-state index in [2.05, 4.69) is 33.4 Å². The van der Waals surface area contributed by atoms with Gasteiger partial charge in [0.25, 0.3) is 5.69 Å². The van der Waals surface area contributed by atoms with E-state index < -0.39 is 0 Å². The van der Waals surface area contributed by atoms with Gasteiger partial charge in [-0.2, -0.15) is 0 Å². The maximum atomic E-state index is 11.7. The molecular weight excluding hydrogens is 520 g/mol. The van der Waals surface area contributed by atoms with E-state index in [-0.39, 0.29) is 28.5 Å². The third-order valence-corrected chi connectivity index (χ3v) is 7.38. The Balaban J connectivity index is 1.51. The maximum Gasteiger partial charge on any atom is 0.275 e. The monoisotopic (exact) mass is 540 g/mol. The number of nitrogens with zero attached hydrogens (tertiary/aromatic N) is 1. The number of nitro groups is 1. The van der Waals surface area contributed by atoms with Crippen LogP contribution < -0.4 is 14.8 Å². The van der Waals surface area contributed by atoms with Crippen LogP contribution >= 0.6 is 27.5 Å². The number of rotatable bonds is 6. The lowest BCUT2D eigenvalue weighted by molar-refractivity contribution is -0.385. The van der Waals surface area contributed by atoms with Crippen LogP contribution in [0.5, 0.6) is 11.5 Å². The Labute approximate surface area is 210 Å². The second-order valence-electron chi connectivity index (χ2n) is 8.40. The highest BCUT2D eigenvalue weighted by Crippen LogP contribution is 2.55. The molecule has 0 saturated carbocycles. The van der Waals surface area contributed by atoms with Crippen molar-refractivity contribution < 1.29 is 14.4 Å². The Morgan fingerprint density at radius 3 is 2.74 bits per heavy atom. The highest BCUT2D eigenvalue weighted by molar-refractivity contribution is 9.10. The van der Waals surface area contributed by atoms with Gasteiger partial charge in [0.2, 0.25) is 0 Å². The maximum absolute atomic E-state index is 11.7. The smallest absolute Gasteiger partial charge is 0.275 e. The number of anilines is 1. The van der Waals surface area contributed by atoms with Crippen molar-refractivity contribution >= 4 is 38.9 Å². The molecule has 0 fully saturated rings. The fraction of sp³-hybridized carbons (Fsp3) is 0.231. The van der Waals surface area contributed by atoms with Crippen molar-refractivity contribution in [3.05, 3.63) is 103 Å². The van der Waals surface area contributed by atoms with Crippen LogP contribution in [0, 0.1) is 16.0 Å². The minimum atomic E-state index is -0.334. The van der Waals surface area contributed by atoms with Crippen molar-refractivity contribution in [2.45, 2.75) is 25.0 Å². The van der Waals surface area contributed by atoms with Crippen LogP contribution in [-0.2, 0) is 6.61 Å². The number of fused-ring (bicyclic) bond motifs is 3. The summed E-state index contributed by atoms with van der Waals surface area (Å²) in [5.74, 6) is 1.25. The minimum absolute atomic E-state index is 0.0929. The summed E-state index contributed by atoms with van der Waals surface area (Å²) in [5, 5.41) is 15.7. The van der Waals surface area contributed by atoms with Gasteiger partial charge in [-0.15, -0.1) is 0 Å². The molecule has 6 nitrogen and oxygen atoms in total. The summed E-state index contributed by atoms with van der Waals surface area (Å²) in [6, 6.07) is 16.9. The summed E-state index contributed by atoms with van der Waals surface area (Å²) in [6.07, 6.45) is 4.95. The van der Waals surface area contributed by atoms with Crippen molar-refractivity contribution in [1.82, 2.24) is 0 Å². The highest BCUT2D eigenvalue weighted by Gasteiger charge is 2.42. The van der Waals surface area contributed by atoms with Crippen molar-refractivity contribution in [2.24, 2.45) is 5.92 Å². The van der Waals surface area contributed by atoms with Crippen LogP contribution in [-0.4, -0.2) is 12.0 Å². The third kappa shape index (κ3) is 4.03. The molecule has 5 rings (SSSR count). The van der Waals surface area contributed by atoms with Gasteiger partial charge in [-0.1, -0.05) is 54.1 Å². The number of nitrogens with one attached hydrogen (secondary N) is 1. The van der Waals surface area contributed by atoms with Crippen molar-refractivity contribution in [3.63, 3.8) is 0 Å².